The first-order valence-electron chi connectivity index (χ1n) is 6.76. The minimum absolute atomic E-state index is 0.424. The van der Waals surface area contributed by atoms with Gasteiger partial charge in [-0.3, -0.25) is 9.58 Å². The largest absolute Gasteiger partial charge is 0.393 e. The molecular weight excluding hydrogens is 324 g/mol. The molecule has 2 N–H and O–H groups in total. The van der Waals surface area contributed by atoms with Crippen molar-refractivity contribution in [2.75, 3.05) is 13.1 Å². The maximum Gasteiger partial charge on any atom is 0.0759 e. The topological polar surface area (TPSA) is 47.1 Å². The van der Waals surface area contributed by atoms with Gasteiger partial charge in [0.25, 0.3) is 0 Å². The van der Waals surface area contributed by atoms with Crippen LogP contribution >= 0.6 is 28.1 Å². The number of nitrogens with zero attached hydrogens (tertiary/aromatic N) is 3. The number of likely N-dealkylation sites (tertiary alicyclic amines) is 1. The quantitative estimate of drug-likeness (QED) is 0.852. The molecule has 1 aromatic rings. The summed E-state index contributed by atoms with van der Waals surface area (Å²) < 4.78 is 3.23. The molecule has 0 bridgehead atoms. The Morgan fingerprint density at radius 1 is 1.47 bits per heavy atom. The van der Waals surface area contributed by atoms with Crippen molar-refractivity contribution in [2.24, 2.45) is 11.7 Å². The Balaban J connectivity index is 2.01. The molecule has 1 fully saturated rings. The van der Waals surface area contributed by atoms with Gasteiger partial charge in [0.2, 0.25) is 0 Å². The first-order valence-corrected chi connectivity index (χ1v) is 7.96. The molecule has 0 saturated carbocycles. The molecule has 0 unspecified atom stereocenters. The minimum atomic E-state index is 0.424. The van der Waals surface area contributed by atoms with Crippen LogP contribution in [0.3, 0.4) is 0 Å². The Kier molecular flexibility index (Phi) is 4.97. The van der Waals surface area contributed by atoms with Crippen molar-refractivity contribution in [2.45, 2.75) is 39.8 Å². The Bertz CT molecular complexity index is 463. The highest BCUT2D eigenvalue weighted by molar-refractivity contribution is 9.10. The summed E-state index contributed by atoms with van der Waals surface area (Å²) in [5, 5.41) is 4.54. The number of halogens is 1. The molecular formula is C13H21BrN4S. The van der Waals surface area contributed by atoms with Gasteiger partial charge in [-0.1, -0.05) is 12.2 Å². The monoisotopic (exact) mass is 344 g/mol. The number of hydrogen-bond acceptors (Lipinski definition) is 3. The fourth-order valence-electron chi connectivity index (χ4n) is 2.61. The van der Waals surface area contributed by atoms with Crippen LogP contribution in [0.15, 0.2) is 4.47 Å². The lowest BCUT2D eigenvalue weighted by Gasteiger charge is -2.31. The lowest BCUT2D eigenvalue weighted by atomic mass is 9.97. The van der Waals surface area contributed by atoms with E-state index < -0.39 is 0 Å². The maximum absolute atomic E-state index is 5.73. The number of hydrogen-bond donors (Lipinski definition) is 1. The van der Waals surface area contributed by atoms with Gasteiger partial charge in [-0.2, -0.15) is 5.10 Å². The minimum Gasteiger partial charge on any atom is -0.393 e. The zero-order chi connectivity index (χ0) is 14.0. The zero-order valence-electron chi connectivity index (χ0n) is 11.5. The molecule has 4 nitrogen and oxygen atoms in total. The first-order chi connectivity index (χ1) is 9.02. The zero-order valence-corrected chi connectivity index (χ0v) is 13.9. The fraction of sp³-hybridized carbons (Fsp3) is 0.692. The van der Waals surface area contributed by atoms with Gasteiger partial charge in [-0.05, 0) is 55.7 Å². The number of nitrogens with two attached hydrogens (primary N) is 1. The Morgan fingerprint density at radius 3 is 2.63 bits per heavy atom. The van der Waals surface area contributed by atoms with Crippen molar-refractivity contribution in [3.8, 4) is 0 Å². The van der Waals surface area contributed by atoms with Gasteiger partial charge in [0.15, 0.2) is 0 Å². The van der Waals surface area contributed by atoms with E-state index >= 15 is 0 Å². The summed E-state index contributed by atoms with van der Waals surface area (Å²) >= 11 is 8.74. The van der Waals surface area contributed by atoms with Crippen LogP contribution in [0.4, 0.5) is 0 Å². The summed E-state index contributed by atoms with van der Waals surface area (Å²) in [4.78, 5) is 3.14. The van der Waals surface area contributed by atoms with Gasteiger partial charge in [-0.25, -0.2) is 0 Å². The third-order valence-electron chi connectivity index (χ3n) is 3.82. The van der Waals surface area contributed by atoms with Gasteiger partial charge < -0.3 is 5.73 Å². The Labute approximate surface area is 128 Å². The lowest BCUT2D eigenvalue weighted by molar-refractivity contribution is 0.197. The Hall–Kier alpha value is -0.460. The third-order valence-corrected chi connectivity index (χ3v) is 5.18. The standard InChI is InChI=1S/C13H21BrN4S/c1-3-18-11(12(14)9(2)16-18)8-17-6-4-10(5-7-17)13(15)19/h10H,3-8H2,1-2H3,(H2,15,19). The molecule has 2 heterocycles. The fourth-order valence-corrected chi connectivity index (χ4v) is 3.25. The van der Waals surface area contributed by atoms with Crippen molar-refractivity contribution >= 4 is 33.1 Å². The van der Waals surface area contributed by atoms with Crippen LogP contribution in [-0.2, 0) is 13.1 Å². The van der Waals surface area contributed by atoms with Gasteiger partial charge in [0.1, 0.15) is 0 Å². The highest BCUT2D eigenvalue weighted by atomic mass is 79.9. The second-order valence-corrected chi connectivity index (χ2v) is 6.38. The van der Waals surface area contributed by atoms with E-state index in [0.29, 0.717) is 10.9 Å². The molecule has 2 rings (SSSR count). The highest BCUT2D eigenvalue weighted by Crippen LogP contribution is 2.25. The summed E-state index contributed by atoms with van der Waals surface area (Å²) in [5.41, 5.74) is 8.07. The van der Waals surface area contributed by atoms with E-state index in [-0.39, 0.29) is 0 Å². The molecule has 1 aliphatic heterocycles. The maximum atomic E-state index is 5.73. The average Bonchev–Trinajstić information content (AvgIpc) is 2.67. The normalized spacial score (nSPS) is 17.8. The molecule has 6 heteroatoms. The van der Waals surface area contributed by atoms with Crippen LogP contribution in [0, 0.1) is 12.8 Å². The number of piperidine rings is 1. The second-order valence-electron chi connectivity index (χ2n) is 5.11. The number of rotatable bonds is 4. The van der Waals surface area contributed by atoms with Crippen LogP contribution in [0.25, 0.3) is 0 Å². The molecule has 0 spiro atoms. The van der Waals surface area contributed by atoms with Crippen molar-refractivity contribution < 1.29 is 0 Å². The van der Waals surface area contributed by atoms with E-state index in [2.05, 4.69) is 37.5 Å². The van der Waals surface area contributed by atoms with Gasteiger partial charge >= 0.3 is 0 Å². The summed E-state index contributed by atoms with van der Waals surface area (Å²) in [6.45, 7) is 8.13. The van der Waals surface area contributed by atoms with Crippen molar-refractivity contribution in [1.29, 1.82) is 0 Å². The van der Waals surface area contributed by atoms with E-state index in [1.54, 1.807) is 0 Å². The summed E-state index contributed by atoms with van der Waals surface area (Å²) in [5.74, 6) is 0.424. The molecule has 1 aromatic heterocycles. The van der Waals surface area contributed by atoms with Gasteiger partial charge in [0, 0.05) is 19.0 Å². The molecule has 1 aliphatic rings. The van der Waals surface area contributed by atoms with Crippen LogP contribution < -0.4 is 5.73 Å². The molecule has 0 aliphatic carbocycles. The first kappa shape index (κ1) is 14.9. The van der Waals surface area contributed by atoms with E-state index in [0.717, 1.165) is 49.2 Å². The lowest BCUT2D eigenvalue weighted by Crippen LogP contribution is -2.37. The van der Waals surface area contributed by atoms with E-state index in [1.807, 2.05) is 6.92 Å². The molecule has 0 aromatic carbocycles. The summed E-state index contributed by atoms with van der Waals surface area (Å²) in [6, 6.07) is 0. The van der Waals surface area contributed by atoms with Crippen LogP contribution in [0.2, 0.25) is 0 Å². The van der Waals surface area contributed by atoms with Crippen molar-refractivity contribution in [3.63, 3.8) is 0 Å². The summed E-state index contributed by atoms with van der Waals surface area (Å²) in [6.07, 6.45) is 2.15. The molecule has 0 radical (unpaired) electrons. The van der Waals surface area contributed by atoms with Crippen LogP contribution in [0.5, 0.6) is 0 Å². The van der Waals surface area contributed by atoms with Crippen molar-refractivity contribution in [1.82, 2.24) is 14.7 Å². The molecule has 19 heavy (non-hydrogen) atoms. The van der Waals surface area contributed by atoms with Gasteiger partial charge in [0.05, 0.1) is 20.8 Å². The Morgan fingerprint density at radius 2 is 2.11 bits per heavy atom. The highest BCUT2D eigenvalue weighted by Gasteiger charge is 2.23. The summed E-state index contributed by atoms with van der Waals surface area (Å²) in [7, 11) is 0. The molecule has 106 valence electrons. The van der Waals surface area contributed by atoms with E-state index in [4.69, 9.17) is 18.0 Å². The molecule has 1 saturated heterocycles. The third kappa shape index (κ3) is 3.35. The molecule has 0 amide bonds. The molecule has 0 atom stereocenters. The van der Waals surface area contributed by atoms with E-state index in [9.17, 15) is 0 Å². The predicted octanol–water partition coefficient (Wildman–Crippen LogP) is 2.47. The average molecular weight is 345 g/mol. The SMILES string of the molecule is CCn1nc(C)c(Br)c1CN1CCC(C(N)=S)CC1. The number of aryl methyl sites for hydroxylation is 2. The van der Waals surface area contributed by atoms with E-state index in [1.165, 1.54) is 5.69 Å². The second kappa shape index (κ2) is 6.33. The van der Waals surface area contributed by atoms with Crippen LogP contribution in [-0.4, -0.2) is 32.8 Å². The van der Waals surface area contributed by atoms with Crippen LogP contribution in [0.1, 0.15) is 31.2 Å². The number of aromatic nitrogens is 2. The predicted molar refractivity (Wildman–Crippen MR) is 85.1 cm³/mol. The number of thiocarbonyl (C=S) groups is 1. The van der Waals surface area contributed by atoms with Gasteiger partial charge in [-0.15, -0.1) is 0 Å². The van der Waals surface area contributed by atoms with Crippen molar-refractivity contribution in [3.05, 3.63) is 15.9 Å². The smallest absolute Gasteiger partial charge is 0.0759 e.